The summed E-state index contributed by atoms with van der Waals surface area (Å²) >= 11 is 3.31. The molecule has 0 saturated heterocycles. The van der Waals surface area contributed by atoms with Crippen LogP contribution in [0.4, 0.5) is 0 Å². The number of amides is 2. The van der Waals surface area contributed by atoms with Crippen LogP contribution in [0.5, 0.6) is 0 Å². The molecule has 0 aliphatic rings. The molecule has 1 atom stereocenters. The predicted octanol–water partition coefficient (Wildman–Crippen LogP) is 2.10. The highest BCUT2D eigenvalue weighted by molar-refractivity contribution is 9.10. The van der Waals surface area contributed by atoms with Gasteiger partial charge in [0.2, 0.25) is 5.91 Å². The Morgan fingerprint density at radius 3 is 2.36 bits per heavy atom. The molecule has 0 radical (unpaired) electrons. The van der Waals surface area contributed by atoms with Crippen molar-refractivity contribution in [2.24, 2.45) is 0 Å². The van der Waals surface area contributed by atoms with Crippen molar-refractivity contribution >= 4 is 40.2 Å². The minimum atomic E-state index is -0.563. The molecule has 0 aromatic heterocycles. The first-order valence-electron chi connectivity index (χ1n) is 7.09. The lowest BCUT2D eigenvalue weighted by atomic mass is 10.2. The maximum absolute atomic E-state index is 12.0. The molecule has 0 aliphatic heterocycles. The molecular weight excluding hydrogens is 370 g/mol. The van der Waals surface area contributed by atoms with Gasteiger partial charge in [0.15, 0.2) is 0 Å². The van der Waals surface area contributed by atoms with Gasteiger partial charge in [-0.05, 0) is 44.2 Å². The minimum absolute atomic E-state index is 0. The lowest BCUT2D eigenvalue weighted by Gasteiger charge is -2.14. The van der Waals surface area contributed by atoms with E-state index in [0.29, 0.717) is 12.1 Å². The fourth-order valence-corrected chi connectivity index (χ4v) is 1.94. The Bertz CT molecular complexity index is 468. The quantitative estimate of drug-likeness (QED) is 0.593. The van der Waals surface area contributed by atoms with Crippen LogP contribution in [0.1, 0.15) is 30.6 Å². The predicted molar refractivity (Wildman–Crippen MR) is 94.5 cm³/mol. The molecule has 2 amide bonds. The highest BCUT2D eigenvalue weighted by atomic mass is 79.9. The molecule has 3 N–H and O–H groups in total. The molecular formula is C15H23BrClN3O2. The third-order valence-corrected chi connectivity index (χ3v) is 3.40. The van der Waals surface area contributed by atoms with E-state index < -0.39 is 6.04 Å². The summed E-state index contributed by atoms with van der Waals surface area (Å²) in [5, 5.41) is 8.66. The van der Waals surface area contributed by atoms with E-state index in [4.69, 9.17) is 0 Å². The molecule has 1 aromatic rings. The Balaban J connectivity index is 0.00000441. The van der Waals surface area contributed by atoms with Crippen molar-refractivity contribution in [2.75, 3.05) is 19.6 Å². The molecule has 0 aliphatic carbocycles. The van der Waals surface area contributed by atoms with Crippen molar-refractivity contribution in [1.82, 2.24) is 16.0 Å². The Labute approximate surface area is 146 Å². The number of carbonyl (C=O) groups excluding carboxylic acids is 2. The van der Waals surface area contributed by atoms with E-state index in [0.717, 1.165) is 24.0 Å². The normalized spacial score (nSPS) is 11.2. The molecule has 124 valence electrons. The van der Waals surface area contributed by atoms with E-state index in [-0.39, 0.29) is 24.2 Å². The lowest BCUT2D eigenvalue weighted by Crippen LogP contribution is -2.46. The molecule has 0 bridgehead atoms. The summed E-state index contributed by atoms with van der Waals surface area (Å²) in [6.45, 7) is 5.98. The second-order valence-corrected chi connectivity index (χ2v) is 5.66. The highest BCUT2D eigenvalue weighted by Crippen LogP contribution is 2.10. The third-order valence-electron chi connectivity index (χ3n) is 2.88. The Morgan fingerprint density at radius 1 is 1.14 bits per heavy atom. The summed E-state index contributed by atoms with van der Waals surface area (Å²) in [7, 11) is 0. The Morgan fingerprint density at radius 2 is 1.77 bits per heavy atom. The fraction of sp³-hybridized carbons (Fsp3) is 0.467. The standard InChI is InChI=1S/C15H22BrN3O2.ClH/c1-3-8-17-9-10-18-14(20)11(2)19-15(21)12-4-6-13(16)7-5-12;/h4-7,11,17H,3,8-10H2,1-2H3,(H,18,20)(H,19,21);1H. The first-order chi connectivity index (χ1) is 10.0. The van der Waals surface area contributed by atoms with Crippen molar-refractivity contribution < 1.29 is 9.59 Å². The van der Waals surface area contributed by atoms with E-state index in [9.17, 15) is 9.59 Å². The first-order valence-corrected chi connectivity index (χ1v) is 7.88. The maximum Gasteiger partial charge on any atom is 0.251 e. The van der Waals surface area contributed by atoms with Crippen molar-refractivity contribution in [3.63, 3.8) is 0 Å². The number of carbonyl (C=O) groups is 2. The van der Waals surface area contributed by atoms with Gasteiger partial charge in [-0.1, -0.05) is 22.9 Å². The van der Waals surface area contributed by atoms with E-state index in [2.05, 4.69) is 38.8 Å². The number of hydrogen-bond donors (Lipinski definition) is 3. The number of benzene rings is 1. The number of nitrogens with one attached hydrogen (secondary N) is 3. The molecule has 0 heterocycles. The van der Waals surface area contributed by atoms with Gasteiger partial charge in [0.25, 0.3) is 5.91 Å². The number of rotatable bonds is 8. The molecule has 5 nitrogen and oxygen atoms in total. The largest absolute Gasteiger partial charge is 0.353 e. The van der Waals surface area contributed by atoms with Gasteiger partial charge in [-0.2, -0.15) is 0 Å². The van der Waals surface area contributed by atoms with Gasteiger partial charge in [0.1, 0.15) is 6.04 Å². The summed E-state index contributed by atoms with van der Waals surface area (Å²) < 4.78 is 0.907. The van der Waals surface area contributed by atoms with Crippen LogP contribution < -0.4 is 16.0 Å². The van der Waals surface area contributed by atoms with Crippen LogP contribution in [0.3, 0.4) is 0 Å². The summed E-state index contributed by atoms with van der Waals surface area (Å²) in [4.78, 5) is 23.8. The molecule has 0 saturated carbocycles. The van der Waals surface area contributed by atoms with E-state index in [1.54, 1.807) is 31.2 Å². The van der Waals surface area contributed by atoms with Crippen molar-refractivity contribution in [1.29, 1.82) is 0 Å². The average Bonchev–Trinajstić information content (AvgIpc) is 2.47. The highest BCUT2D eigenvalue weighted by Gasteiger charge is 2.15. The SMILES string of the molecule is CCCNCCNC(=O)C(C)NC(=O)c1ccc(Br)cc1.Cl. The van der Waals surface area contributed by atoms with Crippen molar-refractivity contribution in [3.05, 3.63) is 34.3 Å². The molecule has 1 unspecified atom stereocenters. The second-order valence-electron chi connectivity index (χ2n) is 4.74. The van der Waals surface area contributed by atoms with Gasteiger partial charge >= 0.3 is 0 Å². The molecule has 22 heavy (non-hydrogen) atoms. The Hall–Kier alpha value is -1.11. The number of halogens is 2. The average molecular weight is 393 g/mol. The first kappa shape index (κ1) is 20.9. The molecule has 0 fully saturated rings. The minimum Gasteiger partial charge on any atom is -0.353 e. The topological polar surface area (TPSA) is 70.2 Å². The fourth-order valence-electron chi connectivity index (χ4n) is 1.68. The van der Waals surface area contributed by atoms with Crippen molar-refractivity contribution in [2.45, 2.75) is 26.3 Å². The van der Waals surface area contributed by atoms with Gasteiger partial charge < -0.3 is 16.0 Å². The zero-order valence-electron chi connectivity index (χ0n) is 12.8. The molecule has 7 heteroatoms. The molecule has 1 rings (SSSR count). The maximum atomic E-state index is 12.0. The zero-order chi connectivity index (χ0) is 15.7. The Kier molecular flexibility index (Phi) is 10.9. The van der Waals surface area contributed by atoms with Crippen LogP contribution in [0.15, 0.2) is 28.7 Å². The van der Waals surface area contributed by atoms with Gasteiger partial charge in [-0.3, -0.25) is 9.59 Å². The monoisotopic (exact) mass is 391 g/mol. The summed E-state index contributed by atoms with van der Waals surface area (Å²) in [6, 6.07) is 6.43. The summed E-state index contributed by atoms with van der Waals surface area (Å²) in [6.07, 6.45) is 1.06. The van der Waals surface area contributed by atoms with Crippen LogP contribution >= 0.6 is 28.3 Å². The van der Waals surface area contributed by atoms with Crippen LogP contribution in [-0.2, 0) is 4.79 Å². The van der Waals surface area contributed by atoms with Crippen LogP contribution in [0.25, 0.3) is 0 Å². The van der Waals surface area contributed by atoms with E-state index in [1.807, 2.05) is 0 Å². The van der Waals surface area contributed by atoms with Crippen LogP contribution in [-0.4, -0.2) is 37.5 Å². The summed E-state index contributed by atoms with van der Waals surface area (Å²) in [5.74, 6) is -0.437. The van der Waals surface area contributed by atoms with Crippen molar-refractivity contribution in [3.8, 4) is 0 Å². The second kappa shape index (κ2) is 11.5. The smallest absolute Gasteiger partial charge is 0.251 e. The zero-order valence-corrected chi connectivity index (χ0v) is 15.2. The lowest BCUT2D eigenvalue weighted by molar-refractivity contribution is -0.122. The summed E-state index contributed by atoms with van der Waals surface area (Å²) in [5.41, 5.74) is 0.530. The molecule has 0 spiro atoms. The van der Waals surface area contributed by atoms with Gasteiger partial charge in [0, 0.05) is 23.1 Å². The van der Waals surface area contributed by atoms with Gasteiger partial charge in [-0.15, -0.1) is 12.4 Å². The van der Waals surface area contributed by atoms with Gasteiger partial charge in [-0.25, -0.2) is 0 Å². The molecule has 1 aromatic carbocycles. The third kappa shape index (κ3) is 7.77. The van der Waals surface area contributed by atoms with Crippen LogP contribution in [0.2, 0.25) is 0 Å². The van der Waals surface area contributed by atoms with E-state index >= 15 is 0 Å². The number of hydrogen-bond acceptors (Lipinski definition) is 3. The van der Waals surface area contributed by atoms with Gasteiger partial charge in [0.05, 0.1) is 0 Å². The van der Waals surface area contributed by atoms with Crippen LogP contribution in [0, 0.1) is 0 Å². The van der Waals surface area contributed by atoms with E-state index in [1.165, 1.54) is 0 Å².